The first-order chi connectivity index (χ1) is 16.6. The Kier molecular flexibility index (Phi) is 5.61. The molecule has 2 aromatic heterocycles. The number of piperidine rings is 1. The number of aryl methyl sites for hydroxylation is 1. The van der Waals surface area contributed by atoms with Crippen molar-refractivity contribution >= 4 is 16.7 Å². The third-order valence-electron chi connectivity index (χ3n) is 7.66. The van der Waals surface area contributed by atoms with Crippen LogP contribution in [0.25, 0.3) is 16.7 Å². The summed E-state index contributed by atoms with van der Waals surface area (Å²) in [7, 11) is 1.60. The van der Waals surface area contributed by atoms with Gasteiger partial charge in [-0.1, -0.05) is 0 Å². The fraction of sp³-hybridized carbons (Fsp3) is 0.560. The summed E-state index contributed by atoms with van der Waals surface area (Å²) in [6, 6.07) is 7.19. The SMILES string of the molecule is COc1nc(N2C[C@@H]3C[C@H]2CO3)cc(-n2ncc3cc(C)c(C4CCN(CCF)CC4)cc32)n1. The van der Waals surface area contributed by atoms with Gasteiger partial charge in [-0.05, 0) is 68.5 Å². The fourth-order valence-corrected chi connectivity index (χ4v) is 5.84. The lowest BCUT2D eigenvalue weighted by Crippen LogP contribution is -2.37. The van der Waals surface area contributed by atoms with E-state index in [1.807, 2.05) is 16.9 Å². The Hall–Kier alpha value is -2.78. The van der Waals surface area contributed by atoms with Crippen molar-refractivity contribution in [1.82, 2.24) is 24.6 Å². The summed E-state index contributed by atoms with van der Waals surface area (Å²) in [6.45, 7) is 5.92. The molecular weight excluding hydrogens is 435 g/mol. The molecule has 0 amide bonds. The molecule has 3 aliphatic heterocycles. The molecular formula is C25H31FN6O2. The molecule has 3 fully saturated rings. The van der Waals surface area contributed by atoms with Gasteiger partial charge in [0.2, 0.25) is 0 Å². The normalized spacial score (nSPS) is 23.3. The average molecular weight is 467 g/mol. The highest BCUT2D eigenvalue weighted by molar-refractivity contribution is 5.82. The van der Waals surface area contributed by atoms with Crippen molar-refractivity contribution in [1.29, 1.82) is 0 Å². The van der Waals surface area contributed by atoms with E-state index in [4.69, 9.17) is 14.6 Å². The molecule has 9 heteroatoms. The Morgan fingerprint density at radius 1 is 1.15 bits per heavy atom. The zero-order valence-electron chi connectivity index (χ0n) is 19.8. The predicted molar refractivity (Wildman–Crippen MR) is 128 cm³/mol. The number of nitrogens with zero attached hydrogens (tertiary/aromatic N) is 6. The molecule has 0 saturated carbocycles. The molecule has 34 heavy (non-hydrogen) atoms. The van der Waals surface area contributed by atoms with Gasteiger partial charge in [-0.15, -0.1) is 0 Å². The summed E-state index contributed by atoms with van der Waals surface area (Å²) in [5, 5.41) is 5.79. The molecule has 0 aliphatic carbocycles. The fourth-order valence-electron chi connectivity index (χ4n) is 5.84. The molecule has 180 valence electrons. The smallest absolute Gasteiger partial charge is 0.320 e. The summed E-state index contributed by atoms with van der Waals surface area (Å²) in [4.78, 5) is 13.8. The molecule has 3 saturated heterocycles. The van der Waals surface area contributed by atoms with E-state index in [0.717, 1.165) is 62.2 Å². The minimum absolute atomic E-state index is 0.273. The number of hydrogen-bond acceptors (Lipinski definition) is 7. The number of anilines is 1. The van der Waals surface area contributed by atoms with Gasteiger partial charge in [0.15, 0.2) is 5.82 Å². The van der Waals surface area contributed by atoms with E-state index < -0.39 is 0 Å². The monoisotopic (exact) mass is 466 g/mol. The lowest BCUT2D eigenvalue weighted by molar-refractivity contribution is 0.0988. The second kappa shape index (κ2) is 8.78. The van der Waals surface area contributed by atoms with Crippen molar-refractivity contribution in [2.45, 2.75) is 44.2 Å². The topological polar surface area (TPSA) is 68.5 Å². The van der Waals surface area contributed by atoms with Crippen LogP contribution in [0.1, 0.15) is 36.3 Å². The first-order valence-corrected chi connectivity index (χ1v) is 12.2. The zero-order valence-corrected chi connectivity index (χ0v) is 19.8. The molecule has 0 spiro atoms. The minimum atomic E-state index is -0.273. The Balaban J connectivity index is 1.35. The van der Waals surface area contributed by atoms with E-state index in [2.05, 4.69) is 38.8 Å². The molecule has 2 atom stereocenters. The van der Waals surface area contributed by atoms with Gasteiger partial charge in [0.25, 0.3) is 0 Å². The van der Waals surface area contributed by atoms with Crippen LogP contribution in [0, 0.1) is 6.92 Å². The van der Waals surface area contributed by atoms with Crippen LogP contribution in [-0.2, 0) is 4.74 Å². The molecule has 8 nitrogen and oxygen atoms in total. The summed E-state index contributed by atoms with van der Waals surface area (Å²) in [5.74, 6) is 2.03. The molecule has 0 radical (unpaired) electrons. The van der Waals surface area contributed by atoms with Crippen LogP contribution >= 0.6 is 0 Å². The van der Waals surface area contributed by atoms with Crippen molar-refractivity contribution in [3.63, 3.8) is 0 Å². The quantitative estimate of drug-likeness (QED) is 0.552. The van der Waals surface area contributed by atoms with Gasteiger partial charge < -0.3 is 19.3 Å². The van der Waals surface area contributed by atoms with Crippen molar-refractivity contribution < 1.29 is 13.9 Å². The van der Waals surface area contributed by atoms with E-state index in [1.54, 1.807) is 7.11 Å². The first-order valence-electron chi connectivity index (χ1n) is 12.2. The number of morpholine rings is 1. The van der Waals surface area contributed by atoms with Crippen LogP contribution in [-0.4, -0.2) is 83.4 Å². The highest BCUT2D eigenvalue weighted by atomic mass is 19.1. The van der Waals surface area contributed by atoms with Crippen LogP contribution in [0.3, 0.4) is 0 Å². The largest absolute Gasteiger partial charge is 0.467 e. The lowest BCUT2D eigenvalue weighted by atomic mass is 9.86. The van der Waals surface area contributed by atoms with Gasteiger partial charge >= 0.3 is 6.01 Å². The minimum Gasteiger partial charge on any atom is -0.467 e. The van der Waals surface area contributed by atoms with E-state index in [0.29, 0.717) is 30.3 Å². The van der Waals surface area contributed by atoms with Crippen LogP contribution < -0.4 is 9.64 Å². The van der Waals surface area contributed by atoms with E-state index in [9.17, 15) is 4.39 Å². The zero-order chi connectivity index (χ0) is 23.2. The molecule has 0 N–H and O–H groups in total. The molecule has 5 heterocycles. The highest BCUT2D eigenvalue weighted by Gasteiger charge is 2.40. The second-order valence-electron chi connectivity index (χ2n) is 9.70. The van der Waals surface area contributed by atoms with Gasteiger partial charge in [0.05, 0.1) is 37.6 Å². The van der Waals surface area contributed by atoms with Crippen LogP contribution in [0.2, 0.25) is 0 Å². The Morgan fingerprint density at radius 3 is 2.68 bits per heavy atom. The Labute approximate surface area is 198 Å². The second-order valence-corrected chi connectivity index (χ2v) is 9.70. The number of benzene rings is 1. The number of halogens is 1. The van der Waals surface area contributed by atoms with Gasteiger partial charge in [-0.3, -0.25) is 0 Å². The Morgan fingerprint density at radius 2 is 1.97 bits per heavy atom. The van der Waals surface area contributed by atoms with Gasteiger partial charge in [0.1, 0.15) is 12.5 Å². The summed E-state index contributed by atoms with van der Waals surface area (Å²) in [6.07, 6.45) is 5.31. The standard InChI is InChI=1S/C25H31FN6O2/c1-16-9-18-13-27-32(22(18)11-21(16)17-3-6-30(7-4-17)8-5-26)24-12-23(28-25(29-24)33-2)31-14-20-10-19(31)15-34-20/h9,11-13,17,19-20H,3-8,10,14-15H2,1-2H3/t19-,20-/m0/s1. The molecule has 6 rings (SSSR count). The van der Waals surface area contributed by atoms with Crippen molar-refractivity contribution in [2.24, 2.45) is 0 Å². The first kappa shape index (κ1) is 21.7. The van der Waals surface area contributed by atoms with Crippen LogP contribution in [0.15, 0.2) is 24.4 Å². The maximum atomic E-state index is 12.8. The number of rotatable bonds is 6. The summed E-state index contributed by atoms with van der Waals surface area (Å²) in [5.41, 5.74) is 3.67. The predicted octanol–water partition coefficient (Wildman–Crippen LogP) is 3.26. The number of likely N-dealkylation sites (tertiary alicyclic amines) is 1. The molecule has 3 aromatic rings. The van der Waals surface area contributed by atoms with Gasteiger partial charge in [-0.25, -0.2) is 9.07 Å². The number of aromatic nitrogens is 4. The van der Waals surface area contributed by atoms with E-state index >= 15 is 0 Å². The van der Waals surface area contributed by atoms with E-state index in [1.165, 1.54) is 11.1 Å². The van der Waals surface area contributed by atoms with Gasteiger partial charge in [-0.2, -0.15) is 15.1 Å². The number of methoxy groups -OCH3 is 1. The van der Waals surface area contributed by atoms with Gasteiger partial charge in [0, 0.05) is 24.5 Å². The number of hydrogen-bond donors (Lipinski definition) is 0. The van der Waals surface area contributed by atoms with Crippen molar-refractivity contribution in [2.75, 3.05) is 51.5 Å². The molecule has 1 aromatic carbocycles. The summed E-state index contributed by atoms with van der Waals surface area (Å²) >= 11 is 0. The van der Waals surface area contributed by atoms with Crippen molar-refractivity contribution in [3.8, 4) is 11.8 Å². The average Bonchev–Trinajstić information content (AvgIpc) is 3.60. The van der Waals surface area contributed by atoms with Crippen LogP contribution in [0.5, 0.6) is 6.01 Å². The van der Waals surface area contributed by atoms with Crippen molar-refractivity contribution in [3.05, 3.63) is 35.5 Å². The molecule has 3 aliphatic rings. The van der Waals surface area contributed by atoms with E-state index in [-0.39, 0.29) is 12.8 Å². The Bertz CT molecular complexity index is 1190. The third kappa shape index (κ3) is 3.80. The molecule has 0 unspecified atom stereocenters. The maximum absolute atomic E-state index is 12.8. The number of fused-ring (bicyclic) bond motifs is 3. The lowest BCUT2D eigenvalue weighted by Gasteiger charge is -2.32. The maximum Gasteiger partial charge on any atom is 0.320 e. The van der Waals surface area contributed by atoms with Crippen LogP contribution in [0.4, 0.5) is 10.2 Å². The highest BCUT2D eigenvalue weighted by Crippen LogP contribution is 2.35. The summed E-state index contributed by atoms with van der Waals surface area (Å²) < 4.78 is 25.9. The number of alkyl halides is 1. The number of ether oxygens (including phenoxy) is 2. The third-order valence-corrected chi connectivity index (χ3v) is 7.66. The molecule has 2 bridgehead atoms.